The van der Waals surface area contributed by atoms with E-state index in [4.69, 9.17) is 24.3 Å². The number of nitrogens with zero attached hydrogens (tertiary/aromatic N) is 1. The number of thiazole rings is 1. The number of aliphatic carboxylic acids is 1. The monoisotopic (exact) mass is 593 g/mol. The van der Waals surface area contributed by atoms with Gasteiger partial charge in [0.25, 0.3) is 0 Å². The molecule has 6 nitrogen and oxygen atoms in total. The molecular weight excluding hydrogens is 575 g/mol. The molecule has 0 aliphatic carbocycles. The van der Waals surface area contributed by atoms with Gasteiger partial charge < -0.3 is 19.3 Å². The van der Waals surface area contributed by atoms with Crippen molar-refractivity contribution < 1.29 is 37.3 Å². The Morgan fingerprint density at radius 1 is 0.973 bits per heavy atom. The number of rotatable bonds is 9. The Kier molecular flexibility index (Phi) is 8.03. The van der Waals surface area contributed by atoms with Crippen molar-refractivity contribution in [3.8, 4) is 38.9 Å². The molecule has 0 radical (unpaired) electrons. The SMILES string of the molecule is COc1ccc(-c2nc(COc3ccc(OCC(=O)O)c(Br)c3)sc2-c2ccc(C(F)(F)F)cc2)cc1. The van der Waals surface area contributed by atoms with Crippen LogP contribution in [-0.4, -0.2) is 29.8 Å². The van der Waals surface area contributed by atoms with Gasteiger partial charge in [-0.1, -0.05) is 12.1 Å². The molecule has 0 amide bonds. The van der Waals surface area contributed by atoms with Gasteiger partial charge in [-0.3, -0.25) is 0 Å². The summed E-state index contributed by atoms with van der Waals surface area (Å²) in [4.78, 5) is 16.1. The molecule has 1 N–H and O–H groups in total. The van der Waals surface area contributed by atoms with E-state index >= 15 is 0 Å². The number of aromatic nitrogens is 1. The van der Waals surface area contributed by atoms with Crippen molar-refractivity contribution >= 4 is 33.2 Å². The van der Waals surface area contributed by atoms with Gasteiger partial charge in [0, 0.05) is 5.56 Å². The predicted octanol–water partition coefficient (Wildman–Crippen LogP) is 7.31. The van der Waals surface area contributed by atoms with Gasteiger partial charge >= 0.3 is 12.1 Å². The first-order valence-corrected chi connectivity index (χ1v) is 12.3. The van der Waals surface area contributed by atoms with Crippen molar-refractivity contribution in [1.82, 2.24) is 4.98 Å². The Morgan fingerprint density at radius 3 is 2.22 bits per heavy atom. The zero-order chi connectivity index (χ0) is 26.6. The summed E-state index contributed by atoms with van der Waals surface area (Å²) >= 11 is 4.65. The highest BCUT2D eigenvalue weighted by Crippen LogP contribution is 2.39. The lowest BCUT2D eigenvalue weighted by atomic mass is 10.1. The first-order chi connectivity index (χ1) is 17.6. The van der Waals surface area contributed by atoms with Crippen LogP contribution in [0, 0.1) is 0 Å². The van der Waals surface area contributed by atoms with Gasteiger partial charge in [0.2, 0.25) is 0 Å². The van der Waals surface area contributed by atoms with E-state index < -0.39 is 24.3 Å². The van der Waals surface area contributed by atoms with E-state index in [9.17, 15) is 18.0 Å². The Bertz CT molecular complexity index is 1390. The van der Waals surface area contributed by atoms with Gasteiger partial charge in [-0.05, 0) is 76.1 Å². The average Bonchev–Trinajstić information content (AvgIpc) is 3.31. The molecule has 0 bridgehead atoms. The van der Waals surface area contributed by atoms with Crippen LogP contribution in [0.3, 0.4) is 0 Å². The molecule has 0 atom stereocenters. The summed E-state index contributed by atoms with van der Waals surface area (Å²) in [7, 11) is 1.56. The first kappa shape index (κ1) is 26.5. The maximum Gasteiger partial charge on any atom is 0.416 e. The minimum absolute atomic E-state index is 0.107. The van der Waals surface area contributed by atoms with Gasteiger partial charge in [0.1, 0.15) is 28.9 Å². The van der Waals surface area contributed by atoms with Crippen molar-refractivity contribution in [3.05, 3.63) is 81.8 Å². The van der Waals surface area contributed by atoms with Gasteiger partial charge in [-0.2, -0.15) is 13.2 Å². The van der Waals surface area contributed by atoms with Crippen molar-refractivity contribution in [2.75, 3.05) is 13.7 Å². The van der Waals surface area contributed by atoms with Crippen LogP contribution in [0.2, 0.25) is 0 Å². The first-order valence-electron chi connectivity index (χ1n) is 10.7. The van der Waals surface area contributed by atoms with Crippen LogP contribution in [0.25, 0.3) is 21.7 Å². The number of hydrogen-bond donors (Lipinski definition) is 1. The van der Waals surface area contributed by atoms with Crippen LogP contribution in [0.1, 0.15) is 10.6 Å². The third-order valence-corrected chi connectivity index (χ3v) is 6.82. The van der Waals surface area contributed by atoms with Crippen LogP contribution >= 0.6 is 27.3 Å². The summed E-state index contributed by atoms with van der Waals surface area (Å²) in [6.45, 7) is -0.366. The van der Waals surface area contributed by atoms with E-state index in [2.05, 4.69) is 15.9 Å². The van der Waals surface area contributed by atoms with Crippen LogP contribution < -0.4 is 14.2 Å². The number of hydrogen-bond acceptors (Lipinski definition) is 6. The standard InChI is InChI=1S/C26H19BrF3NO5S/c1-34-18-8-4-15(5-9-18)24-25(16-2-6-17(7-3-16)26(28,29)30)37-22(31-24)13-35-19-10-11-21(20(27)12-19)36-14-23(32)33/h2-12H,13-14H2,1H3,(H,32,33). The van der Waals surface area contributed by atoms with Gasteiger partial charge in [0.05, 0.1) is 27.7 Å². The van der Waals surface area contributed by atoms with Crippen molar-refractivity contribution in [1.29, 1.82) is 0 Å². The van der Waals surface area contributed by atoms with E-state index in [0.29, 0.717) is 42.9 Å². The van der Waals surface area contributed by atoms with Crippen LogP contribution in [0.5, 0.6) is 17.2 Å². The molecule has 0 unspecified atom stereocenters. The zero-order valence-electron chi connectivity index (χ0n) is 19.2. The minimum Gasteiger partial charge on any atom is -0.497 e. The fourth-order valence-corrected chi connectivity index (χ4v) is 4.83. The van der Waals surface area contributed by atoms with E-state index in [1.807, 2.05) is 12.1 Å². The van der Waals surface area contributed by atoms with Crippen molar-refractivity contribution in [3.63, 3.8) is 0 Å². The quantitative estimate of drug-likeness (QED) is 0.219. The molecule has 37 heavy (non-hydrogen) atoms. The number of carbonyl (C=O) groups is 1. The summed E-state index contributed by atoms with van der Waals surface area (Å²) < 4.78 is 56.0. The molecule has 0 saturated carbocycles. The third-order valence-electron chi connectivity index (χ3n) is 5.13. The summed E-state index contributed by atoms with van der Waals surface area (Å²) in [5, 5.41) is 9.38. The largest absolute Gasteiger partial charge is 0.497 e. The lowest BCUT2D eigenvalue weighted by Crippen LogP contribution is -2.09. The maximum absolute atomic E-state index is 13.1. The molecule has 1 heterocycles. The van der Waals surface area contributed by atoms with E-state index in [1.54, 1.807) is 37.4 Å². The number of benzene rings is 3. The Hall–Kier alpha value is -3.57. The fraction of sp³-hybridized carbons (Fsp3) is 0.154. The number of halogens is 4. The zero-order valence-corrected chi connectivity index (χ0v) is 21.6. The number of carboxylic acid groups (broad SMARTS) is 1. The molecule has 192 valence electrons. The molecule has 3 aromatic carbocycles. The predicted molar refractivity (Wildman–Crippen MR) is 136 cm³/mol. The normalized spacial score (nSPS) is 11.3. The molecule has 0 fully saturated rings. The molecule has 1 aromatic heterocycles. The molecule has 4 aromatic rings. The van der Waals surface area contributed by atoms with Crippen LogP contribution in [0.4, 0.5) is 13.2 Å². The van der Waals surface area contributed by atoms with Crippen molar-refractivity contribution in [2.24, 2.45) is 0 Å². The highest BCUT2D eigenvalue weighted by molar-refractivity contribution is 9.10. The van der Waals surface area contributed by atoms with Gasteiger partial charge in [0.15, 0.2) is 6.61 Å². The summed E-state index contributed by atoms with van der Waals surface area (Å²) in [5.74, 6) is 0.426. The summed E-state index contributed by atoms with van der Waals surface area (Å²) in [5.41, 5.74) is 1.27. The molecule has 0 aliphatic heterocycles. The Balaban J connectivity index is 1.60. The summed E-state index contributed by atoms with van der Waals surface area (Å²) in [6.07, 6.45) is -4.42. The van der Waals surface area contributed by atoms with Crippen LogP contribution in [0.15, 0.2) is 71.2 Å². The highest BCUT2D eigenvalue weighted by atomic mass is 79.9. The second-order valence-corrected chi connectivity index (χ2v) is 9.59. The maximum atomic E-state index is 13.1. The number of carboxylic acids is 1. The lowest BCUT2D eigenvalue weighted by Gasteiger charge is -2.09. The van der Waals surface area contributed by atoms with Crippen molar-refractivity contribution in [2.45, 2.75) is 12.8 Å². The molecule has 0 aliphatic rings. The Labute approximate surface area is 222 Å². The number of ether oxygens (including phenoxy) is 3. The van der Waals surface area contributed by atoms with Gasteiger partial charge in [-0.15, -0.1) is 11.3 Å². The molecule has 4 rings (SSSR count). The second-order valence-electron chi connectivity index (χ2n) is 7.65. The average molecular weight is 594 g/mol. The minimum atomic E-state index is -4.42. The molecular formula is C26H19BrF3NO5S. The van der Waals surface area contributed by atoms with Gasteiger partial charge in [-0.25, -0.2) is 9.78 Å². The lowest BCUT2D eigenvalue weighted by molar-refractivity contribution is -0.139. The smallest absolute Gasteiger partial charge is 0.416 e. The molecule has 0 spiro atoms. The topological polar surface area (TPSA) is 77.9 Å². The highest BCUT2D eigenvalue weighted by Gasteiger charge is 2.30. The van der Waals surface area contributed by atoms with E-state index in [-0.39, 0.29) is 6.61 Å². The molecule has 11 heteroatoms. The Morgan fingerprint density at radius 2 is 1.62 bits per heavy atom. The fourth-order valence-electron chi connectivity index (χ4n) is 3.35. The van der Waals surface area contributed by atoms with E-state index in [1.165, 1.54) is 23.5 Å². The number of methoxy groups -OCH3 is 1. The second kappa shape index (κ2) is 11.2. The summed E-state index contributed by atoms with van der Waals surface area (Å²) in [6, 6.07) is 17.1. The van der Waals surface area contributed by atoms with Crippen LogP contribution in [-0.2, 0) is 17.6 Å². The van der Waals surface area contributed by atoms with E-state index in [0.717, 1.165) is 17.7 Å². The number of alkyl halides is 3. The molecule has 0 saturated heterocycles. The third kappa shape index (κ3) is 6.60.